The normalized spacial score (nSPS) is 19.8. The second-order valence-corrected chi connectivity index (χ2v) is 5.46. The number of hydrogen-bond donors (Lipinski definition) is 2. The van der Waals surface area contributed by atoms with Crippen molar-refractivity contribution in [3.63, 3.8) is 0 Å². The molecule has 1 saturated heterocycles. The van der Waals surface area contributed by atoms with E-state index >= 15 is 0 Å². The lowest BCUT2D eigenvalue weighted by Crippen LogP contribution is -2.43. The average molecular weight is 276 g/mol. The summed E-state index contributed by atoms with van der Waals surface area (Å²) < 4.78 is 0. The molecule has 1 aromatic rings. The summed E-state index contributed by atoms with van der Waals surface area (Å²) in [5, 5.41) is 2.89. The molecule has 0 aromatic carbocycles. The Kier molecular flexibility index (Phi) is 5.49. The molecule has 3 N–H and O–H groups in total. The first kappa shape index (κ1) is 14.9. The van der Waals surface area contributed by atoms with E-state index in [0.717, 1.165) is 32.5 Å². The van der Waals surface area contributed by atoms with Gasteiger partial charge >= 0.3 is 0 Å². The second-order valence-electron chi connectivity index (χ2n) is 5.46. The van der Waals surface area contributed by atoms with Crippen molar-refractivity contribution < 1.29 is 4.79 Å². The number of hydrogen-bond acceptors (Lipinski definition) is 4. The number of nitrogens with zero attached hydrogens (tertiary/aromatic N) is 2. The Morgan fingerprint density at radius 3 is 3.20 bits per heavy atom. The minimum Gasteiger partial charge on any atom is -0.355 e. The molecule has 0 radical (unpaired) electrons. The molecular weight excluding hydrogens is 252 g/mol. The van der Waals surface area contributed by atoms with Gasteiger partial charge in [-0.1, -0.05) is 0 Å². The molecule has 5 nitrogen and oxygen atoms in total. The summed E-state index contributed by atoms with van der Waals surface area (Å²) in [6.45, 7) is 5.92. The van der Waals surface area contributed by atoms with Crippen LogP contribution in [0.2, 0.25) is 0 Å². The van der Waals surface area contributed by atoms with Crippen LogP contribution in [0.1, 0.15) is 24.0 Å². The summed E-state index contributed by atoms with van der Waals surface area (Å²) in [5.41, 5.74) is 7.93. The van der Waals surface area contributed by atoms with Crippen molar-refractivity contribution >= 4 is 5.91 Å². The van der Waals surface area contributed by atoms with Crippen LogP contribution in [0.25, 0.3) is 0 Å². The zero-order valence-corrected chi connectivity index (χ0v) is 12.1. The largest absolute Gasteiger partial charge is 0.355 e. The van der Waals surface area contributed by atoms with Crippen LogP contribution in [0.5, 0.6) is 0 Å². The molecule has 0 saturated carbocycles. The third-order valence-corrected chi connectivity index (χ3v) is 3.86. The number of amides is 1. The number of rotatable bonds is 5. The first-order valence-corrected chi connectivity index (χ1v) is 7.30. The van der Waals surface area contributed by atoms with Crippen LogP contribution in [-0.2, 0) is 11.3 Å². The third-order valence-electron chi connectivity index (χ3n) is 3.86. The lowest BCUT2D eigenvalue weighted by Gasteiger charge is -2.32. The van der Waals surface area contributed by atoms with Crippen LogP contribution in [0, 0.1) is 12.8 Å². The van der Waals surface area contributed by atoms with E-state index in [1.165, 1.54) is 11.1 Å². The van der Waals surface area contributed by atoms with Crippen LogP contribution in [0.4, 0.5) is 0 Å². The molecule has 1 amide bonds. The summed E-state index contributed by atoms with van der Waals surface area (Å²) in [7, 11) is 0. The zero-order chi connectivity index (χ0) is 14.4. The standard InChI is InChI=1S/C15H24N4O/c1-12-4-6-17-9-14(12)11-19-8-2-3-13(10-19)15(20)18-7-5-16/h4,6,9,13H,2-3,5,7-8,10-11,16H2,1H3,(H,18,20). The van der Waals surface area contributed by atoms with Gasteiger partial charge in [0.25, 0.3) is 0 Å². The van der Waals surface area contributed by atoms with Crippen LogP contribution in [0.3, 0.4) is 0 Å². The van der Waals surface area contributed by atoms with Crippen LogP contribution < -0.4 is 11.1 Å². The molecule has 1 unspecified atom stereocenters. The molecule has 0 aliphatic carbocycles. The minimum absolute atomic E-state index is 0.0901. The summed E-state index contributed by atoms with van der Waals surface area (Å²) in [6, 6.07) is 2.03. The molecule has 0 bridgehead atoms. The maximum Gasteiger partial charge on any atom is 0.224 e. The van der Waals surface area contributed by atoms with Gasteiger partial charge in [0.1, 0.15) is 0 Å². The van der Waals surface area contributed by atoms with E-state index in [4.69, 9.17) is 5.73 Å². The molecule has 20 heavy (non-hydrogen) atoms. The Balaban J connectivity index is 1.90. The predicted molar refractivity (Wildman–Crippen MR) is 79.0 cm³/mol. The second kappa shape index (κ2) is 7.36. The number of aromatic nitrogens is 1. The molecule has 110 valence electrons. The van der Waals surface area contributed by atoms with Crippen molar-refractivity contribution in [3.05, 3.63) is 29.6 Å². The van der Waals surface area contributed by atoms with Gasteiger partial charge in [0.05, 0.1) is 5.92 Å². The van der Waals surface area contributed by atoms with E-state index in [1.54, 1.807) is 0 Å². The fraction of sp³-hybridized carbons (Fsp3) is 0.600. The number of carbonyl (C=O) groups is 1. The highest BCUT2D eigenvalue weighted by atomic mass is 16.1. The van der Waals surface area contributed by atoms with Crippen molar-refractivity contribution in [1.29, 1.82) is 0 Å². The van der Waals surface area contributed by atoms with Gasteiger partial charge in [-0.15, -0.1) is 0 Å². The lowest BCUT2D eigenvalue weighted by atomic mass is 9.96. The number of piperidine rings is 1. The van der Waals surface area contributed by atoms with E-state index in [9.17, 15) is 4.79 Å². The Hall–Kier alpha value is -1.46. The fourth-order valence-corrected chi connectivity index (χ4v) is 2.66. The van der Waals surface area contributed by atoms with Crippen molar-refractivity contribution in [1.82, 2.24) is 15.2 Å². The first-order chi connectivity index (χ1) is 9.70. The van der Waals surface area contributed by atoms with Crippen LogP contribution in [-0.4, -0.2) is 42.0 Å². The molecule has 1 aromatic heterocycles. The average Bonchev–Trinajstić information content (AvgIpc) is 2.47. The highest BCUT2D eigenvalue weighted by Crippen LogP contribution is 2.19. The van der Waals surface area contributed by atoms with Gasteiger partial charge in [0.2, 0.25) is 5.91 Å². The molecule has 1 fully saturated rings. The number of pyridine rings is 1. The third kappa shape index (κ3) is 4.02. The van der Waals surface area contributed by atoms with Crippen LogP contribution in [0.15, 0.2) is 18.5 Å². The number of carbonyl (C=O) groups excluding carboxylic acids is 1. The van der Waals surface area contributed by atoms with E-state index in [2.05, 4.69) is 22.1 Å². The van der Waals surface area contributed by atoms with Crippen molar-refractivity contribution in [2.24, 2.45) is 11.7 Å². The van der Waals surface area contributed by atoms with Gasteiger partial charge in [0, 0.05) is 38.6 Å². The quantitative estimate of drug-likeness (QED) is 0.829. The minimum atomic E-state index is 0.0901. The summed E-state index contributed by atoms with van der Waals surface area (Å²) in [4.78, 5) is 18.5. The number of aryl methyl sites for hydroxylation is 1. The predicted octanol–water partition coefficient (Wildman–Crippen LogP) is 0.677. The molecule has 1 aliphatic heterocycles. The van der Waals surface area contributed by atoms with Gasteiger partial charge in [-0.25, -0.2) is 0 Å². The van der Waals surface area contributed by atoms with Gasteiger partial charge in [0.15, 0.2) is 0 Å². The van der Waals surface area contributed by atoms with Gasteiger partial charge in [-0.05, 0) is 43.5 Å². The molecular formula is C15H24N4O. The van der Waals surface area contributed by atoms with Crippen molar-refractivity contribution in [3.8, 4) is 0 Å². The molecule has 5 heteroatoms. The smallest absolute Gasteiger partial charge is 0.224 e. The van der Waals surface area contributed by atoms with Gasteiger partial charge < -0.3 is 11.1 Å². The van der Waals surface area contributed by atoms with Crippen LogP contribution >= 0.6 is 0 Å². The molecule has 1 aliphatic rings. The molecule has 1 atom stereocenters. The Labute approximate surface area is 120 Å². The SMILES string of the molecule is Cc1ccncc1CN1CCCC(C(=O)NCCN)C1. The van der Waals surface area contributed by atoms with Crippen molar-refractivity contribution in [2.45, 2.75) is 26.3 Å². The van der Waals surface area contributed by atoms with Crippen molar-refractivity contribution in [2.75, 3.05) is 26.2 Å². The Morgan fingerprint density at radius 1 is 1.60 bits per heavy atom. The first-order valence-electron chi connectivity index (χ1n) is 7.30. The highest BCUT2D eigenvalue weighted by Gasteiger charge is 2.25. The summed E-state index contributed by atoms with van der Waals surface area (Å²) >= 11 is 0. The maximum absolute atomic E-state index is 12.0. The van der Waals surface area contributed by atoms with Gasteiger partial charge in [-0.2, -0.15) is 0 Å². The number of likely N-dealkylation sites (tertiary alicyclic amines) is 1. The van der Waals surface area contributed by atoms with E-state index in [0.29, 0.717) is 13.1 Å². The van der Waals surface area contributed by atoms with Gasteiger partial charge in [-0.3, -0.25) is 14.7 Å². The number of nitrogens with two attached hydrogens (primary N) is 1. The highest BCUT2D eigenvalue weighted by molar-refractivity contribution is 5.78. The summed E-state index contributed by atoms with van der Waals surface area (Å²) in [5.74, 6) is 0.232. The zero-order valence-electron chi connectivity index (χ0n) is 12.1. The summed E-state index contributed by atoms with van der Waals surface area (Å²) in [6.07, 6.45) is 5.78. The lowest BCUT2D eigenvalue weighted by molar-refractivity contribution is -0.126. The van der Waals surface area contributed by atoms with E-state index in [1.807, 2.05) is 18.5 Å². The Morgan fingerprint density at radius 2 is 2.45 bits per heavy atom. The molecule has 2 heterocycles. The molecule has 2 rings (SSSR count). The monoisotopic (exact) mass is 276 g/mol. The van der Waals surface area contributed by atoms with E-state index in [-0.39, 0.29) is 11.8 Å². The maximum atomic E-state index is 12.0. The topological polar surface area (TPSA) is 71.2 Å². The fourth-order valence-electron chi connectivity index (χ4n) is 2.66. The number of nitrogens with one attached hydrogen (secondary N) is 1. The van der Waals surface area contributed by atoms with E-state index < -0.39 is 0 Å². The molecule has 0 spiro atoms. The Bertz CT molecular complexity index is 449.